The van der Waals surface area contributed by atoms with Crippen molar-refractivity contribution >= 4 is 11.6 Å². The molecule has 2 N–H and O–H groups in total. The zero-order valence-electron chi connectivity index (χ0n) is 11.3. The second-order valence-corrected chi connectivity index (χ2v) is 4.91. The quantitative estimate of drug-likeness (QED) is 0.890. The van der Waals surface area contributed by atoms with E-state index >= 15 is 0 Å². The molecule has 0 aliphatic heterocycles. The molecule has 2 aromatic carbocycles. The van der Waals surface area contributed by atoms with Gasteiger partial charge in [-0.15, -0.1) is 0 Å². The van der Waals surface area contributed by atoms with Crippen molar-refractivity contribution in [3.63, 3.8) is 0 Å². The fourth-order valence-corrected chi connectivity index (χ4v) is 2.26. The highest BCUT2D eigenvalue weighted by Crippen LogP contribution is 2.29. The molecule has 4 heteroatoms. The maximum absolute atomic E-state index is 13.3. The zero-order valence-corrected chi connectivity index (χ0v) is 12.1. The van der Waals surface area contributed by atoms with E-state index in [4.69, 9.17) is 22.1 Å². The SMILES string of the molecule is CCc1cc(Oc2ccc(F)cc2CCN)ccc1Cl. The van der Waals surface area contributed by atoms with E-state index in [-0.39, 0.29) is 5.82 Å². The fourth-order valence-electron chi connectivity index (χ4n) is 2.01. The molecule has 0 bridgehead atoms. The summed E-state index contributed by atoms with van der Waals surface area (Å²) in [5.74, 6) is 1.03. The lowest BCUT2D eigenvalue weighted by Crippen LogP contribution is -2.04. The van der Waals surface area contributed by atoms with Crippen molar-refractivity contribution in [3.05, 3.63) is 58.4 Å². The van der Waals surface area contributed by atoms with E-state index in [2.05, 4.69) is 0 Å². The normalized spacial score (nSPS) is 10.6. The van der Waals surface area contributed by atoms with Crippen LogP contribution < -0.4 is 10.5 Å². The lowest BCUT2D eigenvalue weighted by molar-refractivity contribution is 0.473. The van der Waals surface area contributed by atoms with E-state index in [9.17, 15) is 4.39 Å². The van der Waals surface area contributed by atoms with Crippen LogP contribution in [-0.2, 0) is 12.8 Å². The van der Waals surface area contributed by atoms with Gasteiger partial charge in [-0.25, -0.2) is 4.39 Å². The highest BCUT2D eigenvalue weighted by Gasteiger charge is 2.08. The van der Waals surface area contributed by atoms with Crippen LogP contribution in [0.1, 0.15) is 18.1 Å². The van der Waals surface area contributed by atoms with Crippen LogP contribution in [0.2, 0.25) is 5.02 Å². The first-order valence-electron chi connectivity index (χ1n) is 6.58. The molecule has 0 fully saturated rings. The number of aryl methyl sites for hydroxylation is 1. The molecule has 0 unspecified atom stereocenters. The first-order valence-corrected chi connectivity index (χ1v) is 6.96. The molecule has 106 valence electrons. The van der Waals surface area contributed by atoms with Crippen molar-refractivity contribution in [1.29, 1.82) is 0 Å². The Bertz CT molecular complexity index is 601. The molecule has 0 saturated carbocycles. The highest BCUT2D eigenvalue weighted by atomic mass is 35.5. The van der Waals surface area contributed by atoms with E-state index in [1.165, 1.54) is 12.1 Å². The average Bonchev–Trinajstić information content (AvgIpc) is 2.44. The maximum atomic E-state index is 13.3. The summed E-state index contributed by atoms with van der Waals surface area (Å²) in [5.41, 5.74) is 7.33. The predicted octanol–water partition coefficient (Wildman–Crippen LogP) is 4.34. The zero-order chi connectivity index (χ0) is 14.5. The van der Waals surface area contributed by atoms with Crippen LogP contribution >= 0.6 is 11.6 Å². The molecule has 0 saturated heterocycles. The molecular formula is C16H17ClFNO. The van der Waals surface area contributed by atoms with Crippen LogP contribution in [-0.4, -0.2) is 6.54 Å². The van der Waals surface area contributed by atoms with Crippen LogP contribution in [0.5, 0.6) is 11.5 Å². The molecule has 2 aromatic rings. The third-order valence-corrected chi connectivity index (χ3v) is 3.43. The van der Waals surface area contributed by atoms with Gasteiger partial charge < -0.3 is 10.5 Å². The Morgan fingerprint density at radius 3 is 2.65 bits per heavy atom. The highest BCUT2D eigenvalue weighted by molar-refractivity contribution is 6.31. The maximum Gasteiger partial charge on any atom is 0.130 e. The molecule has 20 heavy (non-hydrogen) atoms. The van der Waals surface area contributed by atoms with Crippen LogP contribution in [0.4, 0.5) is 4.39 Å². The van der Waals surface area contributed by atoms with Crippen LogP contribution in [0.3, 0.4) is 0 Å². The second-order valence-electron chi connectivity index (χ2n) is 4.50. The Kier molecular flexibility index (Phi) is 4.99. The molecular weight excluding hydrogens is 277 g/mol. The van der Waals surface area contributed by atoms with E-state index in [0.717, 1.165) is 22.6 Å². The summed E-state index contributed by atoms with van der Waals surface area (Å²) >= 11 is 6.08. The molecule has 0 aliphatic carbocycles. The lowest BCUT2D eigenvalue weighted by Gasteiger charge is -2.12. The van der Waals surface area contributed by atoms with Gasteiger partial charge in [-0.3, -0.25) is 0 Å². The molecule has 2 rings (SSSR count). The topological polar surface area (TPSA) is 35.2 Å². The molecule has 0 aromatic heterocycles. The summed E-state index contributed by atoms with van der Waals surface area (Å²) in [5, 5.41) is 0.723. The number of halogens is 2. The van der Waals surface area contributed by atoms with Crippen LogP contribution in [0.25, 0.3) is 0 Å². The predicted molar refractivity (Wildman–Crippen MR) is 80.1 cm³/mol. The van der Waals surface area contributed by atoms with Crippen molar-refractivity contribution in [2.24, 2.45) is 5.73 Å². The minimum Gasteiger partial charge on any atom is -0.457 e. The minimum absolute atomic E-state index is 0.286. The minimum atomic E-state index is -0.286. The van der Waals surface area contributed by atoms with E-state index in [1.807, 2.05) is 19.1 Å². The first-order chi connectivity index (χ1) is 9.63. The summed E-state index contributed by atoms with van der Waals surface area (Å²) in [6.45, 7) is 2.48. The van der Waals surface area contributed by atoms with Gasteiger partial charge in [0.2, 0.25) is 0 Å². The van der Waals surface area contributed by atoms with Crippen molar-refractivity contribution < 1.29 is 9.13 Å². The number of nitrogens with two attached hydrogens (primary N) is 1. The summed E-state index contributed by atoms with van der Waals surface area (Å²) in [6.07, 6.45) is 1.40. The molecule has 0 spiro atoms. The summed E-state index contributed by atoms with van der Waals surface area (Å²) in [7, 11) is 0. The monoisotopic (exact) mass is 293 g/mol. The Hall–Kier alpha value is -1.58. The number of benzene rings is 2. The smallest absolute Gasteiger partial charge is 0.130 e. The van der Waals surface area contributed by atoms with Gasteiger partial charge in [0.1, 0.15) is 17.3 Å². The molecule has 0 aliphatic rings. The Balaban J connectivity index is 2.29. The lowest BCUT2D eigenvalue weighted by atomic mass is 10.1. The second kappa shape index (κ2) is 6.73. The standard InChI is InChI=1S/C16H17ClFNO/c1-2-11-10-14(4-5-15(11)17)20-16-6-3-13(18)9-12(16)7-8-19/h3-6,9-10H,2,7-8,19H2,1H3. The summed E-state index contributed by atoms with van der Waals surface area (Å²) < 4.78 is 19.1. The summed E-state index contributed by atoms with van der Waals surface area (Å²) in [4.78, 5) is 0. The Labute approximate surface area is 123 Å². The molecule has 0 amide bonds. The molecule has 0 radical (unpaired) electrons. The van der Waals surface area contributed by atoms with Crippen molar-refractivity contribution in [3.8, 4) is 11.5 Å². The van der Waals surface area contributed by atoms with Crippen molar-refractivity contribution in [1.82, 2.24) is 0 Å². The van der Waals surface area contributed by atoms with Gasteiger partial charge >= 0.3 is 0 Å². The van der Waals surface area contributed by atoms with E-state index in [1.54, 1.807) is 12.1 Å². The number of rotatable bonds is 5. The molecule has 0 atom stereocenters. The first kappa shape index (κ1) is 14.8. The van der Waals surface area contributed by atoms with E-state index in [0.29, 0.717) is 24.5 Å². The average molecular weight is 294 g/mol. The van der Waals surface area contributed by atoms with Crippen molar-refractivity contribution in [2.45, 2.75) is 19.8 Å². The molecule has 0 heterocycles. The number of hydrogen-bond acceptors (Lipinski definition) is 2. The van der Waals surface area contributed by atoms with Gasteiger partial charge in [0.15, 0.2) is 0 Å². The summed E-state index contributed by atoms with van der Waals surface area (Å²) in [6, 6.07) is 9.97. The van der Waals surface area contributed by atoms with Crippen LogP contribution in [0, 0.1) is 5.82 Å². The third kappa shape index (κ3) is 3.50. The van der Waals surface area contributed by atoms with Crippen LogP contribution in [0.15, 0.2) is 36.4 Å². The van der Waals surface area contributed by atoms with Crippen molar-refractivity contribution in [2.75, 3.05) is 6.54 Å². The van der Waals surface area contributed by atoms with E-state index < -0.39 is 0 Å². The number of hydrogen-bond donors (Lipinski definition) is 1. The molecule has 2 nitrogen and oxygen atoms in total. The van der Waals surface area contributed by atoms with Gasteiger partial charge in [0, 0.05) is 5.02 Å². The van der Waals surface area contributed by atoms with Gasteiger partial charge in [-0.05, 0) is 66.9 Å². The fraction of sp³-hybridized carbons (Fsp3) is 0.250. The Morgan fingerprint density at radius 2 is 1.95 bits per heavy atom. The number of ether oxygens (including phenoxy) is 1. The van der Waals surface area contributed by atoms with Gasteiger partial charge in [-0.1, -0.05) is 18.5 Å². The van der Waals surface area contributed by atoms with Gasteiger partial charge in [0.05, 0.1) is 0 Å². The largest absolute Gasteiger partial charge is 0.457 e. The van der Waals surface area contributed by atoms with Gasteiger partial charge in [-0.2, -0.15) is 0 Å². The Morgan fingerprint density at radius 1 is 1.15 bits per heavy atom. The third-order valence-electron chi connectivity index (χ3n) is 3.06. The van der Waals surface area contributed by atoms with Gasteiger partial charge in [0.25, 0.3) is 0 Å².